The number of rotatable bonds is 4. The third-order valence-corrected chi connectivity index (χ3v) is 4.80. The number of nitrogens with one attached hydrogen (secondary N) is 1. The highest BCUT2D eigenvalue weighted by Gasteiger charge is 2.35. The fourth-order valence-electron chi connectivity index (χ4n) is 3.84. The lowest BCUT2D eigenvalue weighted by molar-refractivity contribution is -0.138. The molecule has 2 fully saturated rings. The minimum absolute atomic E-state index is 0.201. The van der Waals surface area contributed by atoms with Crippen LogP contribution < -0.4 is 5.32 Å². The van der Waals surface area contributed by atoms with Gasteiger partial charge in [0, 0.05) is 19.1 Å². The van der Waals surface area contributed by atoms with E-state index < -0.39 is 0 Å². The van der Waals surface area contributed by atoms with Crippen molar-refractivity contribution in [2.75, 3.05) is 13.6 Å². The predicted molar refractivity (Wildman–Crippen MR) is 79.5 cm³/mol. The summed E-state index contributed by atoms with van der Waals surface area (Å²) in [6.07, 6.45) is 9.37. The van der Waals surface area contributed by atoms with Crippen LogP contribution in [0.25, 0.3) is 0 Å². The molecule has 3 rings (SSSR count). The lowest BCUT2D eigenvalue weighted by Crippen LogP contribution is -2.50. The number of hydrogen-bond donors (Lipinski definition) is 1. The maximum Gasteiger partial charge on any atom is 0.244 e. The standard InChI is InChI=1S/C15H25N5O/c1-16-9-13-10-19(18-17-13)11-15(21)20-8-4-6-12-5-2-3-7-14(12)20/h10,12,14,16H,2-9,11H2,1H3. The molecule has 1 saturated carbocycles. The van der Waals surface area contributed by atoms with Crippen LogP contribution in [0.5, 0.6) is 0 Å². The lowest BCUT2D eigenvalue weighted by Gasteiger charge is -2.44. The van der Waals surface area contributed by atoms with Crippen molar-refractivity contribution in [3.8, 4) is 0 Å². The second-order valence-corrected chi connectivity index (χ2v) is 6.28. The first-order valence-corrected chi connectivity index (χ1v) is 8.11. The molecule has 0 radical (unpaired) electrons. The maximum atomic E-state index is 12.6. The summed E-state index contributed by atoms with van der Waals surface area (Å²) in [5, 5.41) is 11.2. The van der Waals surface area contributed by atoms with Crippen LogP contribution in [0.1, 0.15) is 44.2 Å². The quantitative estimate of drug-likeness (QED) is 0.905. The van der Waals surface area contributed by atoms with Crippen LogP contribution in [-0.2, 0) is 17.9 Å². The van der Waals surface area contributed by atoms with Crippen LogP contribution in [-0.4, -0.2) is 45.4 Å². The highest BCUT2D eigenvalue weighted by Crippen LogP contribution is 2.35. The molecule has 21 heavy (non-hydrogen) atoms. The monoisotopic (exact) mass is 291 g/mol. The van der Waals surface area contributed by atoms with Gasteiger partial charge in [-0.2, -0.15) is 0 Å². The van der Waals surface area contributed by atoms with Crippen molar-refractivity contribution in [3.63, 3.8) is 0 Å². The zero-order chi connectivity index (χ0) is 14.7. The Labute approximate surface area is 125 Å². The highest BCUT2D eigenvalue weighted by molar-refractivity contribution is 5.76. The molecule has 1 aromatic rings. The number of amides is 1. The average molecular weight is 291 g/mol. The topological polar surface area (TPSA) is 63.1 Å². The number of hydrogen-bond acceptors (Lipinski definition) is 4. The summed E-state index contributed by atoms with van der Waals surface area (Å²) in [5.41, 5.74) is 0.875. The van der Waals surface area contributed by atoms with E-state index in [1.165, 1.54) is 32.1 Å². The van der Waals surface area contributed by atoms with E-state index in [-0.39, 0.29) is 5.91 Å². The third kappa shape index (κ3) is 3.26. The van der Waals surface area contributed by atoms with Crippen molar-refractivity contribution in [2.24, 2.45) is 5.92 Å². The summed E-state index contributed by atoms with van der Waals surface area (Å²) in [6, 6.07) is 0.473. The van der Waals surface area contributed by atoms with E-state index in [1.807, 2.05) is 13.2 Å². The second-order valence-electron chi connectivity index (χ2n) is 6.28. The Morgan fingerprint density at radius 3 is 3.00 bits per heavy atom. The van der Waals surface area contributed by atoms with Gasteiger partial charge in [0.25, 0.3) is 0 Å². The number of piperidine rings is 1. The molecule has 2 heterocycles. The second kappa shape index (κ2) is 6.56. The molecule has 1 aliphatic heterocycles. The smallest absolute Gasteiger partial charge is 0.244 e. The summed E-state index contributed by atoms with van der Waals surface area (Å²) in [4.78, 5) is 14.7. The zero-order valence-electron chi connectivity index (χ0n) is 12.8. The first kappa shape index (κ1) is 14.5. The Bertz CT molecular complexity index is 484. The Hall–Kier alpha value is -1.43. The molecular formula is C15H25N5O. The molecule has 2 unspecified atom stereocenters. The van der Waals surface area contributed by atoms with Crippen molar-refractivity contribution in [1.82, 2.24) is 25.2 Å². The van der Waals surface area contributed by atoms with Gasteiger partial charge >= 0.3 is 0 Å². The summed E-state index contributed by atoms with van der Waals surface area (Å²) in [6.45, 7) is 1.92. The molecule has 116 valence electrons. The Morgan fingerprint density at radius 2 is 2.14 bits per heavy atom. The molecule has 1 saturated heterocycles. The number of aromatic nitrogens is 3. The first-order chi connectivity index (χ1) is 10.3. The van der Waals surface area contributed by atoms with E-state index in [0.717, 1.165) is 24.6 Å². The van der Waals surface area contributed by atoms with Crippen molar-refractivity contribution in [2.45, 2.75) is 57.7 Å². The van der Waals surface area contributed by atoms with Gasteiger partial charge in [0.15, 0.2) is 0 Å². The van der Waals surface area contributed by atoms with Crippen LogP contribution in [0.2, 0.25) is 0 Å². The van der Waals surface area contributed by atoms with Gasteiger partial charge in [0.1, 0.15) is 6.54 Å². The predicted octanol–water partition coefficient (Wildman–Crippen LogP) is 1.18. The Kier molecular flexibility index (Phi) is 4.53. The van der Waals surface area contributed by atoms with Gasteiger partial charge in [0.2, 0.25) is 5.91 Å². The summed E-state index contributed by atoms with van der Waals surface area (Å²) in [7, 11) is 1.88. The maximum absolute atomic E-state index is 12.6. The van der Waals surface area contributed by atoms with E-state index in [2.05, 4.69) is 20.5 Å². The van der Waals surface area contributed by atoms with Crippen LogP contribution >= 0.6 is 0 Å². The van der Waals surface area contributed by atoms with Gasteiger partial charge in [-0.15, -0.1) is 5.10 Å². The lowest BCUT2D eigenvalue weighted by atomic mass is 9.78. The fraction of sp³-hybridized carbons (Fsp3) is 0.800. The molecule has 0 aromatic carbocycles. The van der Waals surface area contributed by atoms with Crippen molar-refractivity contribution < 1.29 is 4.79 Å². The molecule has 6 nitrogen and oxygen atoms in total. The summed E-state index contributed by atoms with van der Waals surface area (Å²) >= 11 is 0. The van der Waals surface area contributed by atoms with Crippen LogP contribution in [0, 0.1) is 5.92 Å². The van der Waals surface area contributed by atoms with Crippen LogP contribution in [0.4, 0.5) is 0 Å². The van der Waals surface area contributed by atoms with Gasteiger partial charge in [-0.1, -0.05) is 18.1 Å². The van der Waals surface area contributed by atoms with Gasteiger partial charge in [0.05, 0.1) is 11.9 Å². The molecule has 2 atom stereocenters. The van der Waals surface area contributed by atoms with Gasteiger partial charge < -0.3 is 10.2 Å². The van der Waals surface area contributed by atoms with Gasteiger partial charge in [-0.05, 0) is 38.6 Å². The average Bonchev–Trinajstić information content (AvgIpc) is 2.94. The molecule has 6 heteroatoms. The first-order valence-electron chi connectivity index (χ1n) is 8.11. The molecule has 1 amide bonds. The SMILES string of the molecule is CNCc1cn(CC(=O)N2CCCC3CCCCC32)nn1. The zero-order valence-corrected chi connectivity index (χ0v) is 12.8. The highest BCUT2D eigenvalue weighted by atomic mass is 16.2. The van der Waals surface area contributed by atoms with E-state index in [4.69, 9.17) is 0 Å². The minimum Gasteiger partial charge on any atom is -0.338 e. The largest absolute Gasteiger partial charge is 0.338 e. The summed E-state index contributed by atoms with van der Waals surface area (Å²) < 4.78 is 1.67. The van der Waals surface area contributed by atoms with E-state index >= 15 is 0 Å². The van der Waals surface area contributed by atoms with Crippen molar-refractivity contribution in [3.05, 3.63) is 11.9 Å². The number of carbonyl (C=O) groups excluding carboxylic acids is 1. The number of carbonyl (C=O) groups is 1. The summed E-state index contributed by atoms with van der Waals surface area (Å²) in [5.74, 6) is 0.930. The van der Waals surface area contributed by atoms with E-state index in [1.54, 1.807) is 4.68 Å². The molecule has 2 aliphatic rings. The van der Waals surface area contributed by atoms with Gasteiger partial charge in [-0.25, -0.2) is 4.68 Å². The normalized spacial score (nSPS) is 25.7. The molecule has 0 bridgehead atoms. The molecular weight excluding hydrogens is 266 g/mol. The van der Waals surface area contributed by atoms with Crippen LogP contribution in [0.3, 0.4) is 0 Å². The van der Waals surface area contributed by atoms with Crippen LogP contribution in [0.15, 0.2) is 6.20 Å². The number of nitrogens with zero attached hydrogens (tertiary/aromatic N) is 4. The Morgan fingerprint density at radius 1 is 1.33 bits per heavy atom. The van der Waals surface area contributed by atoms with Crippen molar-refractivity contribution >= 4 is 5.91 Å². The Balaban J connectivity index is 1.63. The number of fused-ring (bicyclic) bond motifs is 1. The molecule has 0 spiro atoms. The van der Waals surface area contributed by atoms with E-state index in [0.29, 0.717) is 19.1 Å². The van der Waals surface area contributed by atoms with E-state index in [9.17, 15) is 4.79 Å². The van der Waals surface area contributed by atoms with Gasteiger partial charge in [-0.3, -0.25) is 4.79 Å². The fourth-order valence-corrected chi connectivity index (χ4v) is 3.84. The molecule has 1 aliphatic carbocycles. The minimum atomic E-state index is 0.201. The van der Waals surface area contributed by atoms with Crippen molar-refractivity contribution in [1.29, 1.82) is 0 Å². The number of likely N-dealkylation sites (tertiary alicyclic amines) is 1. The molecule has 1 N–H and O–H groups in total. The third-order valence-electron chi connectivity index (χ3n) is 4.80. The molecule has 1 aromatic heterocycles.